The van der Waals surface area contributed by atoms with Gasteiger partial charge in [-0.05, 0) is 61.8 Å². The summed E-state index contributed by atoms with van der Waals surface area (Å²) in [4.78, 5) is 1.24. The first-order valence-electron chi connectivity index (χ1n) is 7.41. The van der Waals surface area contributed by atoms with Crippen LogP contribution < -0.4 is 5.73 Å². The van der Waals surface area contributed by atoms with E-state index < -0.39 is 0 Å². The maximum atomic E-state index is 6.17. The van der Waals surface area contributed by atoms with E-state index in [1.807, 2.05) is 11.8 Å². The Morgan fingerprint density at radius 1 is 1.35 bits per heavy atom. The van der Waals surface area contributed by atoms with E-state index in [-0.39, 0.29) is 5.60 Å². The number of nitrogen functional groups attached to an aromatic ring is 1. The molecule has 1 aromatic carbocycles. The van der Waals surface area contributed by atoms with E-state index in [4.69, 9.17) is 10.5 Å². The van der Waals surface area contributed by atoms with Crippen LogP contribution in [0.5, 0.6) is 0 Å². The smallest absolute Gasteiger partial charge is 0.0709 e. The van der Waals surface area contributed by atoms with Crippen molar-refractivity contribution < 1.29 is 4.74 Å². The summed E-state index contributed by atoms with van der Waals surface area (Å²) >= 11 is 4.02. The van der Waals surface area contributed by atoms with Crippen molar-refractivity contribution in [1.29, 1.82) is 0 Å². The number of hydrogen-bond donors (Lipinski definition) is 1. The molecule has 0 aromatic heterocycles. The highest BCUT2D eigenvalue weighted by Gasteiger charge is 2.39. The van der Waals surface area contributed by atoms with E-state index in [9.17, 15) is 0 Å². The SMILES string of the molecule is Cc1ccc(SC2CCOC3(CCSCC3)C2)c(N)c1. The molecule has 1 unspecified atom stereocenters. The summed E-state index contributed by atoms with van der Waals surface area (Å²) in [6.07, 6.45) is 4.77. The minimum atomic E-state index is 0.167. The van der Waals surface area contributed by atoms with Crippen LogP contribution in [-0.4, -0.2) is 29.0 Å². The summed E-state index contributed by atoms with van der Waals surface area (Å²) in [5, 5.41) is 0.650. The van der Waals surface area contributed by atoms with Crippen molar-refractivity contribution in [3.05, 3.63) is 23.8 Å². The van der Waals surface area contributed by atoms with Crippen LogP contribution in [0.3, 0.4) is 0 Å². The molecule has 3 rings (SSSR count). The molecule has 1 atom stereocenters. The van der Waals surface area contributed by atoms with E-state index in [1.54, 1.807) is 0 Å². The first-order valence-corrected chi connectivity index (χ1v) is 9.45. The van der Waals surface area contributed by atoms with Crippen molar-refractivity contribution in [3.63, 3.8) is 0 Å². The molecule has 2 aliphatic heterocycles. The van der Waals surface area contributed by atoms with Crippen LogP contribution in [0.1, 0.15) is 31.2 Å². The number of ether oxygens (including phenoxy) is 1. The molecular weight excluding hydrogens is 286 g/mol. The lowest BCUT2D eigenvalue weighted by Gasteiger charge is -2.43. The summed E-state index contributed by atoms with van der Waals surface area (Å²) in [6, 6.07) is 6.41. The Balaban J connectivity index is 1.68. The van der Waals surface area contributed by atoms with Gasteiger partial charge >= 0.3 is 0 Å². The van der Waals surface area contributed by atoms with E-state index in [1.165, 1.54) is 41.2 Å². The Labute approximate surface area is 130 Å². The molecule has 2 N–H and O–H groups in total. The van der Waals surface area contributed by atoms with Crippen LogP contribution >= 0.6 is 23.5 Å². The van der Waals surface area contributed by atoms with Crippen molar-refractivity contribution in [2.24, 2.45) is 0 Å². The predicted molar refractivity (Wildman–Crippen MR) is 89.7 cm³/mol. The van der Waals surface area contributed by atoms with Crippen LogP contribution in [0, 0.1) is 6.92 Å². The second kappa shape index (κ2) is 6.20. The van der Waals surface area contributed by atoms with Gasteiger partial charge in [-0.15, -0.1) is 11.8 Å². The van der Waals surface area contributed by atoms with Gasteiger partial charge in [-0.25, -0.2) is 0 Å². The maximum absolute atomic E-state index is 6.17. The van der Waals surface area contributed by atoms with Gasteiger partial charge in [0.05, 0.1) is 5.60 Å². The van der Waals surface area contributed by atoms with Crippen molar-refractivity contribution >= 4 is 29.2 Å². The van der Waals surface area contributed by atoms with Crippen LogP contribution in [0.25, 0.3) is 0 Å². The van der Waals surface area contributed by atoms with Gasteiger partial charge in [0.15, 0.2) is 0 Å². The summed E-state index contributed by atoms with van der Waals surface area (Å²) < 4.78 is 6.17. The zero-order chi connectivity index (χ0) is 14.0. The van der Waals surface area contributed by atoms with E-state index in [2.05, 4.69) is 36.9 Å². The lowest BCUT2D eigenvalue weighted by Crippen LogP contribution is -2.43. The monoisotopic (exact) mass is 309 g/mol. The molecule has 1 spiro atoms. The van der Waals surface area contributed by atoms with Gasteiger partial charge < -0.3 is 10.5 Å². The third-order valence-corrected chi connectivity index (χ3v) is 6.66. The van der Waals surface area contributed by atoms with Gasteiger partial charge in [-0.2, -0.15) is 11.8 Å². The summed E-state index contributed by atoms with van der Waals surface area (Å²) in [5.74, 6) is 2.51. The predicted octanol–water partition coefficient (Wildman–Crippen LogP) is 4.11. The molecule has 2 fully saturated rings. The third kappa shape index (κ3) is 3.29. The molecule has 2 aliphatic rings. The van der Waals surface area contributed by atoms with Gasteiger partial charge in [0.25, 0.3) is 0 Å². The molecule has 0 radical (unpaired) electrons. The molecular formula is C16H23NOS2. The maximum Gasteiger partial charge on any atom is 0.0709 e. The molecule has 4 heteroatoms. The molecule has 20 heavy (non-hydrogen) atoms. The lowest BCUT2D eigenvalue weighted by molar-refractivity contribution is -0.0804. The molecule has 0 bridgehead atoms. The highest BCUT2D eigenvalue weighted by molar-refractivity contribution is 8.00. The van der Waals surface area contributed by atoms with Gasteiger partial charge in [0, 0.05) is 22.4 Å². The van der Waals surface area contributed by atoms with Crippen LogP contribution in [0.15, 0.2) is 23.1 Å². The number of benzene rings is 1. The van der Waals surface area contributed by atoms with Crippen molar-refractivity contribution in [1.82, 2.24) is 0 Å². The highest BCUT2D eigenvalue weighted by Crippen LogP contribution is 2.43. The molecule has 2 nitrogen and oxygen atoms in total. The fraction of sp³-hybridized carbons (Fsp3) is 0.625. The summed E-state index contributed by atoms with van der Waals surface area (Å²) in [7, 11) is 0. The molecule has 2 saturated heterocycles. The average Bonchev–Trinajstić information content (AvgIpc) is 2.43. The van der Waals surface area contributed by atoms with Crippen LogP contribution in [0.2, 0.25) is 0 Å². The zero-order valence-electron chi connectivity index (χ0n) is 12.1. The van der Waals surface area contributed by atoms with Crippen molar-refractivity contribution in [3.8, 4) is 0 Å². The quantitative estimate of drug-likeness (QED) is 0.834. The fourth-order valence-electron chi connectivity index (χ4n) is 3.13. The van der Waals surface area contributed by atoms with Crippen molar-refractivity contribution in [2.45, 2.75) is 48.4 Å². The molecule has 0 aliphatic carbocycles. The van der Waals surface area contributed by atoms with Crippen LogP contribution in [0.4, 0.5) is 5.69 Å². The lowest BCUT2D eigenvalue weighted by atomic mass is 9.88. The van der Waals surface area contributed by atoms with Gasteiger partial charge in [0.1, 0.15) is 0 Å². The largest absolute Gasteiger partial charge is 0.398 e. The van der Waals surface area contributed by atoms with Gasteiger partial charge in [-0.3, -0.25) is 0 Å². The first-order chi connectivity index (χ1) is 9.67. The number of anilines is 1. The number of hydrogen-bond acceptors (Lipinski definition) is 4. The molecule has 1 aromatic rings. The zero-order valence-corrected chi connectivity index (χ0v) is 13.7. The summed E-state index contributed by atoms with van der Waals surface area (Å²) in [5.41, 5.74) is 8.48. The second-order valence-electron chi connectivity index (χ2n) is 5.92. The molecule has 0 saturated carbocycles. The summed E-state index contributed by atoms with van der Waals surface area (Å²) in [6.45, 7) is 3.00. The highest BCUT2D eigenvalue weighted by atomic mass is 32.2. The number of thioether (sulfide) groups is 2. The van der Waals surface area contributed by atoms with Gasteiger partial charge in [0.2, 0.25) is 0 Å². The Hall–Kier alpha value is -0.320. The minimum Gasteiger partial charge on any atom is -0.398 e. The molecule has 0 amide bonds. The minimum absolute atomic E-state index is 0.167. The van der Waals surface area contributed by atoms with E-state index in [0.29, 0.717) is 5.25 Å². The topological polar surface area (TPSA) is 35.2 Å². The Bertz CT molecular complexity index is 466. The average molecular weight is 310 g/mol. The normalized spacial score (nSPS) is 25.8. The van der Waals surface area contributed by atoms with E-state index >= 15 is 0 Å². The Morgan fingerprint density at radius 2 is 2.15 bits per heavy atom. The fourth-order valence-corrected chi connectivity index (χ4v) is 5.67. The van der Waals surface area contributed by atoms with Crippen LogP contribution in [-0.2, 0) is 4.74 Å². The van der Waals surface area contributed by atoms with E-state index in [0.717, 1.165) is 18.7 Å². The molecule has 2 heterocycles. The first kappa shape index (κ1) is 14.6. The van der Waals surface area contributed by atoms with Gasteiger partial charge in [-0.1, -0.05) is 6.07 Å². The third-order valence-electron chi connectivity index (χ3n) is 4.31. The number of nitrogens with two attached hydrogens (primary N) is 1. The molecule has 110 valence electrons. The number of rotatable bonds is 2. The number of aryl methyl sites for hydroxylation is 1. The second-order valence-corrected chi connectivity index (χ2v) is 8.48. The van der Waals surface area contributed by atoms with Crippen molar-refractivity contribution in [2.75, 3.05) is 23.8 Å². The standard InChI is InChI=1S/C16H23NOS2/c1-12-2-3-15(14(17)10-12)20-13-4-7-18-16(11-13)5-8-19-9-6-16/h2-3,10,13H,4-9,11,17H2,1H3. The Morgan fingerprint density at radius 3 is 2.90 bits per heavy atom. The Kier molecular flexibility index (Phi) is 4.53.